The Balaban J connectivity index is 1.81. The normalized spacial score (nSPS) is 10.9. The number of hydrogen-bond acceptors (Lipinski definition) is 5. The number of fused-ring (bicyclic) bond motifs is 1. The van der Waals surface area contributed by atoms with E-state index in [1.807, 2.05) is 30.3 Å². The average Bonchev–Trinajstić information content (AvgIpc) is 2.78. The van der Waals surface area contributed by atoms with Gasteiger partial charge in [0.1, 0.15) is 5.75 Å². The topological polar surface area (TPSA) is 61.2 Å². The van der Waals surface area contributed by atoms with Crippen LogP contribution in [-0.4, -0.2) is 28.2 Å². The molecule has 3 aromatic carbocycles. The van der Waals surface area contributed by atoms with E-state index in [4.69, 9.17) is 21.3 Å². The Morgan fingerprint density at radius 2 is 1.87 bits per heavy atom. The Bertz CT molecular complexity index is 1340. The molecule has 0 aliphatic rings. The Hall–Kier alpha value is -2.36. The fraction of sp³-hybridized carbons (Fsp3) is 0.0870. The highest BCUT2D eigenvalue weighted by Crippen LogP contribution is 2.28. The van der Waals surface area contributed by atoms with Crippen molar-refractivity contribution in [1.29, 1.82) is 0 Å². The summed E-state index contributed by atoms with van der Waals surface area (Å²) in [5, 5.41) is 1.50. The number of ether oxygens (including phenoxy) is 1. The van der Waals surface area contributed by atoms with E-state index in [0.29, 0.717) is 38.1 Å². The second kappa shape index (κ2) is 9.42. The molecule has 0 radical (unpaired) electrons. The van der Waals surface area contributed by atoms with Gasteiger partial charge < -0.3 is 4.74 Å². The third-order valence-corrected chi connectivity index (χ3v) is 6.49. The molecular weight excluding hydrogens is 547 g/mol. The van der Waals surface area contributed by atoms with Gasteiger partial charge in [0.25, 0.3) is 5.56 Å². The fourth-order valence-electron chi connectivity index (χ4n) is 3.11. The third kappa shape index (κ3) is 4.63. The molecule has 5 nitrogen and oxygen atoms in total. The summed E-state index contributed by atoms with van der Waals surface area (Å²) < 4.78 is 7.92. The molecule has 0 unspecified atom stereocenters. The van der Waals surface area contributed by atoms with E-state index in [1.54, 1.807) is 43.5 Å². The maximum absolute atomic E-state index is 13.5. The van der Waals surface area contributed by atoms with Gasteiger partial charge in [0.2, 0.25) is 0 Å². The zero-order valence-electron chi connectivity index (χ0n) is 16.3. The number of halogens is 2. The van der Waals surface area contributed by atoms with Gasteiger partial charge in [0.05, 0.1) is 29.5 Å². The lowest BCUT2D eigenvalue weighted by Gasteiger charge is -2.15. The molecule has 4 rings (SSSR count). The van der Waals surface area contributed by atoms with Gasteiger partial charge in [-0.1, -0.05) is 35.5 Å². The number of ketones is 1. The van der Waals surface area contributed by atoms with Crippen LogP contribution >= 0.6 is 46.0 Å². The summed E-state index contributed by atoms with van der Waals surface area (Å²) in [4.78, 5) is 30.9. The minimum atomic E-state index is -0.213. The molecule has 0 bridgehead atoms. The van der Waals surface area contributed by atoms with Crippen molar-refractivity contribution >= 4 is 62.6 Å². The lowest BCUT2D eigenvalue weighted by molar-refractivity contribution is 0.102. The van der Waals surface area contributed by atoms with Crippen molar-refractivity contribution in [1.82, 2.24) is 9.55 Å². The van der Waals surface area contributed by atoms with E-state index in [-0.39, 0.29) is 17.1 Å². The number of hydrogen-bond donors (Lipinski definition) is 0. The second-order valence-electron chi connectivity index (χ2n) is 6.59. The number of methoxy groups -OCH3 is 1. The van der Waals surface area contributed by atoms with Crippen molar-refractivity contribution in [3.8, 4) is 11.4 Å². The van der Waals surface area contributed by atoms with Gasteiger partial charge in [-0.2, -0.15) is 0 Å². The number of rotatable bonds is 6. The van der Waals surface area contributed by atoms with Crippen LogP contribution in [-0.2, 0) is 0 Å². The molecule has 1 heterocycles. The van der Waals surface area contributed by atoms with E-state index in [1.165, 1.54) is 16.3 Å². The first-order valence-corrected chi connectivity index (χ1v) is 11.7. The van der Waals surface area contributed by atoms with E-state index < -0.39 is 0 Å². The standard InChI is InChI=1S/C23H16ClIN2O3S/c1-30-21-5-3-2-4-19(21)27-22(29)17-12-16(25)10-11-18(17)26-23(27)31-13-20(28)14-6-8-15(24)9-7-14/h2-12H,13H2,1H3. The zero-order valence-corrected chi connectivity index (χ0v) is 20.1. The molecular formula is C23H16ClIN2O3S. The molecule has 0 aliphatic heterocycles. The quantitative estimate of drug-likeness (QED) is 0.132. The maximum Gasteiger partial charge on any atom is 0.266 e. The van der Waals surface area contributed by atoms with Crippen molar-refractivity contribution in [3.05, 3.63) is 91.2 Å². The number of thioether (sulfide) groups is 1. The van der Waals surface area contributed by atoms with Crippen LogP contribution in [0.15, 0.2) is 76.7 Å². The number of para-hydroxylation sites is 2. The molecule has 31 heavy (non-hydrogen) atoms. The largest absolute Gasteiger partial charge is 0.495 e. The average molecular weight is 563 g/mol. The van der Waals surface area contributed by atoms with Gasteiger partial charge in [-0.3, -0.25) is 14.2 Å². The van der Waals surface area contributed by atoms with Crippen LogP contribution in [0.5, 0.6) is 5.75 Å². The highest BCUT2D eigenvalue weighted by Gasteiger charge is 2.18. The summed E-state index contributed by atoms with van der Waals surface area (Å²) in [5.74, 6) is 0.589. The highest BCUT2D eigenvalue weighted by atomic mass is 127. The maximum atomic E-state index is 13.5. The number of aromatic nitrogens is 2. The van der Waals surface area contributed by atoms with Crippen molar-refractivity contribution < 1.29 is 9.53 Å². The minimum absolute atomic E-state index is 0.0785. The number of carbonyl (C=O) groups excluding carboxylic acids is 1. The molecule has 0 aliphatic carbocycles. The van der Waals surface area contributed by atoms with Crippen molar-refractivity contribution in [2.45, 2.75) is 5.16 Å². The second-order valence-corrected chi connectivity index (χ2v) is 9.21. The summed E-state index contributed by atoms with van der Waals surface area (Å²) in [5.41, 5.74) is 1.50. The van der Waals surface area contributed by atoms with E-state index >= 15 is 0 Å². The van der Waals surface area contributed by atoms with Crippen LogP contribution in [0.3, 0.4) is 0 Å². The summed E-state index contributed by atoms with van der Waals surface area (Å²) in [6, 6.07) is 19.5. The SMILES string of the molecule is COc1ccccc1-n1c(SCC(=O)c2ccc(Cl)cc2)nc2ccc(I)cc2c1=O. The predicted molar refractivity (Wildman–Crippen MR) is 133 cm³/mol. The molecule has 8 heteroatoms. The van der Waals surface area contributed by atoms with Crippen molar-refractivity contribution in [3.63, 3.8) is 0 Å². The minimum Gasteiger partial charge on any atom is -0.495 e. The first kappa shape index (κ1) is 21.9. The van der Waals surface area contributed by atoms with E-state index in [0.717, 1.165) is 3.57 Å². The summed E-state index contributed by atoms with van der Waals surface area (Å²) in [6.45, 7) is 0. The molecule has 0 saturated carbocycles. The molecule has 0 N–H and O–H groups in total. The molecule has 0 spiro atoms. The van der Waals surface area contributed by atoms with Gasteiger partial charge in [0.15, 0.2) is 10.9 Å². The predicted octanol–water partition coefficient (Wildman–Crippen LogP) is 5.63. The van der Waals surface area contributed by atoms with Crippen LogP contribution in [0.2, 0.25) is 5.02 Å². The Morgan fingerprint density at radius 1 is 1.13 bits per heavy atom. The molecule has 0 fully saturated rings. The fourth-order valence-corrected chi connectivity index (χ4v) is 4.63. The summed E-state index contributed by atoms with van der Waals surface area (Å²) >= 11 is 9.29. The number of nitrogens with zero attached hydrogens (tertiary/aromatic N) is 2. The highest BCUT2D eigenvalue weighted by molar-refractivity contribution is 14.1. The lowest BCUT2D eigenvalue weighted by atomic mass is 10.1. The van der Waals surface area contributed by atoms with Crippen LogP contribution in [0.4, 0.5) is 0 Å². The van der Waals surface area contributed by atoms with Gasteiger partial charge >= 0.3 is 0 Å². The number of carbonyl (C=O) groups is 1. The number of Topliss-reactive ketones (excluding diaryl/α,β-unsaturated/α-hetero) is 1. The Kier molecular flexibility index (Phi) is 6.64. The molecule has 0 amide bonds. The Labute approximate surface area is 201 Å². The molecule has 4 aromatic rings. The molecule has 0 saturated heterocycles. The van der Waals surface area contributed by atoms with E-state index in [2.05, 4.69) is 22.6 Å². The van der Waals surface area contributed by atoms with Gasteiger partial charge in [-0.15, -0.1) is 0 Å². The van der Waals surface area contributed by atoms with Gasteiger partial charge in [-0.25, -0.2) is 4.98 Å². The third-order valence-electron chi connectivity index (χ3n) is 4.62. The molecule has 1 aromatic heterocycles. The first-order valence-electron chi connectivity index (χ1n) is 9.25. The Morgan fingerprint density at radius 3 is 2.61 bits per heavy atom. The van der Waals surface area contributed by atoms with Crippen LogP contribution in [0.1, 0.15) is 10.4 Å². The summed E-state index contributed by atoms with van der Waals surface area (Å²) in [7, 11) is 1.55. The van der Waals surface area contributed by atoms with Crippen molar-refractivity contribution in [2.75, 3.05) is 12.9 Å². The van der Waals surface area contributed by atoms with Crippen LogP contribution in [0, 0.1) is 3.57 Å². The molecule has 156 valence electrons. The first-order chi connectivity index (χ1) is 15.0. The van der Waals surface area contributed by atoms with Crippen LogP contribution in [0.25, 0.3) is 16.6 Å². The number of benzene rings is 3. The smallest absolute Gasteiger partial charge is 0.266 e. The van der Waals surface area contributed by atoms with Crippen molar-refractivity contribution in [2.24, 2.45) is 0 Å². The van der Waals surface area contributed by atoms with Crippen LogP contribution < -0.4 is 10.3 Å². The summed E-state index contributed by atoms with van der Waals surface area (Å²) in [6.07, 6.45) is 0. The molecule has 0 atom stereocenters. The van der Waals surface area contributed by atoms with Gasteiger partial charge in [0, 0.05) is 14.2 Å². The monoisotopic (exact) mass is 562 g/mol. The van der Waals surface area contributed by atoms with Gasteiger partial charge in [-0.05, 0) is 77.2 Å². The van der Waals surface area contributed by atoms with E-state index in [9.17, 15) is 9.59 Å². The zero-order chi connectivity index (χ0) is 22.0. The lowest BCUT2D eigenvalue weighted by Crippen LogP contribution is -2.23.